The van der Waals surface area contributed by atoms with Gasteiger partial charge in [0, 0.05) is 32.2 Å². The lowest BCUT2D eigenvalue weighted by Crippen LogP contribution is -2.47. The Kier molecular flexibility index (Phi) is 6.47. The van der Waals surface area contributed by atoms with E-state index >= 15 is 0 Å². The van der Waals surface area contributed by atoms with Gasteiger partial charge in [0.1, 0.15) is 23.1 Å². The van der Waals surface area contributed by atoms with Crippen LogP contribution in [-0.4, -0.2) is 60.4 Å². The minimum atomic E-state index is -0.838. The average molecular weight is 456 g/mol. The van der Waals surface area contributed by atoms with Crippen molar-refractivity contribution < 1.29 is 23.1 Å². The van der Waals surface area contributed by atoms with Crippen LogP contribution in [-0.2, 0) is 9.59 Å². The third-order valence-electron chi connectivity index (χ3n) is 5.86. The molecule has 2 amide bonds. The number of carbonyl (C=O) groups excluding carboxylic acids is 2. The fourth-order valence-electron chi connectivity index (χ4n) is 4.21. The van der Waals surface area contributed by atoms with Gasteiger partial charge in [-0.05, 0) is 50.2 Å². The van der Waals surface area contributed by atoms with Crippen molar-refractivity contribution in [3.63, 3.8) is 0 Å². The Morgan fingerprint density at radius 3 is 2.21 bits per heavy atom. The van der Waals surface area contributed by atoms with Crippen LogP contribution in [0.25, 0.3) is 5.57 Å². The molecular weight excluding hydrogens is 428 g/mol. The van der Waals surface area contributed by atoms with E-state index in [1.54, 1.807) is 24.3 Å². The third kappa shape index (κ3) is 4.48. The van der Waals surface area contributed by atoms with E-state index in [0.717, 1.165) is 42.7 Å². The minimum Gasteiger partial charge on any atom is -0.491 e. The zero-order chi connectivity index (χ0) is 23.7. The summed E-state index contributed by atoms with van der Waals surface area (Å²) in [6.07, 6.45) is -0.0124. The molecule has 2 aromatic rings. The number of anilines is 1. The summed E-state index contributed by atoms with van der Waals surface area (Å²) in [5.41, 5.74) is 0.544. The summed E-state index contributed by atoms with van der Waals surface area (Å²) < 4.78 is 34.1. The van der Waals surface area contributed by atoms with Gasteiger partial charge in [0.25, 0.3) is 11.8 Å². The summed E-state index contributed by atoms with van der Waals surface area (Å²) in [5, 5.41) is 0. The van der Waals surface area contributed by atoms with Gasteiger partial charge in [0.2, 0.25) is 0 Å². The summed E-state index contributed by atoms with van der Waals surface area (Å²) in [4.78, 5) is 31.9. The standard InChI is InChI=1S/C25H27F2N3O3/c1-4-28-11-13-29(14-12-28)23-22(17-5-8-19(9-6-17)33-16(2)3)24(31)30(25(23)32)21-15-18(26)7-10-20(21)27/h5-10,15-16H,4,11-14H2,1-3H3. The van der Waals surface area contributed by atoms with E-state index in [0.29, 0.717) is 24.4 Å². The number of ether oxygens (including phenoxy) is 1. The van der Waals surface area contributed by atoms with Gasteiger partial charge in [0.05, 0.1) is 17.4 Å². The van der Waals surface area contributed by atoms with Gasteiger partial charge in [-0.2, -0.15) is 0 Å². The molecule has 1 saturated heterocycles. The van der Waals surface area contributed by atoms with Crippen LogP contribution in [0.3, 0.4) is 0 Å². The highest BCUT2D eigenvalue weighted by Gasteiger charge is 2.44. The van der Waals surface area contributed by atoms with Crippen molar-refractivity contribution >= 4 is 23.1 Å². The van der Waals surface area contributed by atoms with Crippen molar-refractivity contribution in [3.05, 3.63) is 65.4 Å². The molecule has 0 unspecified atom stereocenters. The molecule has 0 N–H and O–H groups in total. The molecular formula is C25H27F2N3O3. The number of nitrogens with zero attached hydrogens (tertiary/aromatic N) is 3. The van der Waals surface area contributed by atoms with Crippen molar-refractivity contribution in [2.45, 2.75) is 26.9 Å². The van der Waals surface area contributed by atoms with Gasteiger partial charge in [-0.15, -0.1) is 0 Å². The Morgan fingerprint density at radius 2 is 1.61 bits per heavy atom. The highest BCUT2D eigenvalue weighted by molar-refractivity contribution is 6.45. The van der Waals surface area contributed by atoms with E-state index in [1.165, 1.54) is 0 Å². The molecule has 6 nitrogen and oxygen atoms in total. The Morgan fingerprint density at radius 1 is 0.939 bits per heavy atom. The number of imide groups is 1. The van der Waals surface area contributed by atoms with Gasteiger partial charge in [-0.1, -0.05) is 19.1 Å². The first kappa shape index (κ1) is 22.9. The Bertz CT molecular complexity index is 1090. The van der Waals surface area contributed by atoms with Crippen LogP contribution in [0.5, 0.6) is 5.75 Å². The van der Waals surface area contributed by atoms with E-state index in [9.17, 15) is 18.4 Å². The summed E-state index contributed by atoms with van der Waals surface area (Å²) >= 11 is 0. The monoisotopic (exact) mass is 455 g/mol. The van der Waals surface area contributed by atoms with Gasteiger partial charge in [0.15, 0.2) is 0 Å². The lowest BCUT2D eigenvalue weighted by Gasteiger charge is -2.36. The predicted molar refractivity (Wildman–Crippen MR) is 122 cm³/mol. The van der Waals surface area contributed by atoms with Crippen LogP contribution in [0, 0.1) is 11.6 Å². The lowest BCUT2D eigenvalue weighted by atomic mass is 10.0. The van der Waals surface area contributed by atoms with Crippen LogP contribution < -0.4 is 9.64 Å². The number of hydrogen-bond donors (Lipinski definition) is 0. The molecule has 0 bridgehead atoms. The fourth-order valence-corrected chi connectivity index (χ4v) is 4.21. The Labute approximate surface area is 192 Å². The number of halogens is 2. The minimum absolute atomic E-state index is 0.0124. The van der Waals surface area contributed by atoms with Gasteiger partial charge in [-0.25, -0.2) is 13.7 Å². The molecule has 174 valence electrons. The number of likely N-dealkylation sites (N-methyl/N-ethyl adjacent to an activating group) is 1. The maximum atomic E-state index is 14.6. The van der Waals surface area contributed by atoms with Crippen LogP contribution in [0.15, 0.2) is 48.2 Å². The molecule has 4 rings (SSSR count). The smallest absolute Gasteiger partial charge is 0.282 e. The molecule has 0 saturated carbocycles. The zero-order valence-corrected chi connectivity index (χ0v) is 19.0. The van der Waals surface area contributed by atoms with Crippen molar-refractivity contribution in [2.24, 2.45) is 0 Å². The molecule has 2 aromatic carbocycles. The number of amides is 2. The molecule has 0 atom stereocenters. The molecule has 2 aliphatic rings. The Hall–Kier alpha value is -3.26. The van der Waals surface area contributed by atoms with E-state index in [4.69, 9.17) is 4.74 Å². The lowest BCUT2D eigenvalue weighted by molar-refractivity contribution is -0.120. The van der Waals surface area contributed by atoms with Gasteiger partial charge in [-0.3, -0.25) is 9.59 Å². The fraction of sp³-hybridized carbons (Fsp3) is 0.360. The van der Waals surface area contributed by atoms with Crippen LogP contribution >= 0.6 is 0 Å². The first-order chi connectivity index (χ1) is 15.8. The highest BCUT2D eigenvalue weighted by atomic mass is 19.1. The maximum absolute atomic E-state index is 14.6. The van der Waals surface area contributed by atoms with Crippen molar-refractivity contribution in [2.75, 3.05) is 37.6 Å². The van der Waals surface area contributed by atoms with E-state index in [-0.39, 0.29) is 23.1 Å². The molecule has 0 radical (unpaired) electrons. The van der Waals surface area contributed by atoms with Crippen molar-refractivity contribution in [1.29, 1.82) is 0 Å². The maximum Gasteiger partial charge on any atom is 0.282 e. The molecule has 0 spiro atoms. The van der Waals surface area contributed by atoms with Crippen LogP contribution in [0.4, 0.5) is 14.5 Å². The summed E-state index contributed by atoms with van der Waals surface area (Å²) in [5.74, 6) is -2.25. The molecule has 2 heterocycles. The van der Waals surface area contributed by atoms with E-state index < -0.39 is 23.4 Å². The van der Waals surface area contributed by atoms with Crippen molar-refractivity contribution in [1.82, 2.24) is 9.80 Å². The van der Waals surface area contributed by atoms with E-state index in [1.807, 2.05) is 18.7 Å². The number of piperazine rings is 1. The largest absolute Gasteiger partial charge is 0.491 e. The second-order valence-corrected chi connectivity index (χ2v) is 8.38. The number of rotatable bonds is 6. The second-order valence-electron chi connectivity index (χ2n) is 8.38. The molecule has 8 heteroatoms. The topological polar surface area (TPSA) is 53.1 Å². The molecule has 1 fully saturated rings. The second kappa shape index (κ2) is 9.31. The normalized spacial score (nSPS) is 17.5. The quantitative estimate of drug-likeness (QED) is 0.622. The van der Waals surface area contributed by atoms with Crippen molar-refractivity contribution in [3.8, 4) is 5.75 Å². The number of carbonyl (C=O) groups is 2. The first-order valence-corrected chi connectivity index (χ1v) is 11.1. The zero-order valence-electron chi connectivity index (χ0n) is 19.0. The summed E-state index contributed by atoms with van der Waals surface area (Å²) in [6.45, 7) is 9.38. The molecule has 33 heavy (non-hydrogen) atoms. The summed E-state index contributed by atoms with van der Waals surface area (Å²) in [7, 11) is 0. The highest BCUT2D eigenvalue weighted by Crippen LogP contribution is 2.37. The average Bonchev–Trinajstić information content (AvgIpc) is 3.05. The SMILES string of the molecule is CCN1CCN(C2=C(c3ccc(OC(C)C)cc3)C(=O)N(c3cc(F)ccc3F)C2=O)CC1. The molecule has 0 aliphatic carbocycles. The number of hydrogen-bond acceptors (Lipinski definition) is 5. The molecule has 2 aliphatic heterocycles. The van der Waals surface area contributed by atoms with Gasteiger partial charge < -0.3 is 14.5 Å². The van der Waals surface area contributed by atoms with Crippen LogP contribution in [0.1, 0.15) is 26.3 Å². The molecule has 0 aromatic heterocycles. The van der Waals surface area contributed by atoms with E-state index in [2.05, 4.69) is 11.8 Å². The first-order valence-electron chi connectivity index (χ1n) is 11.1. The predicted octanol–water partition coefficient (Wildman–Crippen LogP) is 3.67. The van der Waals surface area contributed by atoms with Crippen LogP contribution in [0.2, 0.25) is 0 Å². The third-order valence-corrected chi connectivity index (χ3v) is 5.86. The number of benzene rings is 2. The Balaban J connectivity index is 1.77. The van der Waals surface area contributed by atoms with Gasteiger partial charge >= 0.3 is 0 Å². The summed E-state index contributed by atoms with van der Waals surface area (Å²) in [6, 6.07) is 9.64.